The van der Waals surface area contributed by atoms with Gasteiger partial charge in [-0.1, -0.05) is 19.9 Å². The van der Waals surface area contributed by atoms with Crippen molar-refractivity contribution < 1.29 is 9.59 Å². The van der Waals surface area contributed by atoms with E-state index < -0.39 is 5.54 Å². The van der Waals surface area contributed by atoms with Crippen molar-refractivity contribution in [1.82, 2.24) is 10.2 Å². The molecule has 1 aliphatic heterocycles. The minimum Gasteiger partial charge on any atom is -0.340 e. The Hall–Kier alpha value is -1.36. The second-order valence-electron chi connectivity index (χ2n) is 7.05. The number of thiophene rings is 1. The zero-order valence-corrected chi connectivity index (χ0v) is 13.6. The first-order valence-corrected chi connectivity index (χ1v) is 8.35. The van der Waals surface area contributed by atoms with Gasteiger partial charge in [-0.25, -0.2) is 0 Å². The zero-order chi connectivity index (χ0) is 15.3. The molecule has 1 atom stereocenters. The quantitative estimate of drug-likeness (QED) is 0.926. The highest BCUT2D eigenvalue weighted by Crippen LogP contribution is 2.42. The van der Waals surface area contributed by atoms with Crippen LogP contribution in [-0.2, 0) is 15.0 Å². The summed E-state index contributed by atoms with van der Waals surface area (Å²) in [6.07, 6.45) is 2.06. The summed E-state index contributed by atoms with van der Waals surface area (Å²) in [6, 6.07) is 4.13. The summed E-state index contributed by atoms with van der Waals surface area (Å²) in [7, 11) is 0. The standard InChI is InChI=1S/C16H22N2O2S/c1-15(2,12-5-4-8-21-12)10-18-9-13(19)17-16(3,14(18)20)11-6-7-11/h4-5,8,11H,6-7,9-10H2,1-3H3,(H,17,19). The highest BCUT2D eigenvalue weighted by atomic mass is 32.1. The third-order valence-electron chi connectivity index (χ3n) is 4.63. The maximum absolute atomic E-state index is 12.8. The van der Waals surface area contributed by atoms with Gasteiger partial charge in [0.05, 0.1) is 6.54 Å². The molecule has 1 aromatic rings. The fourth-order valence-corrected chi connectivity index (χ4v) is 4.08. The molecule has 0 spiro atoms. The molecule has 5 heteroatoms. The number of carbonyl (C=O) groups is 2. The van der Waals surface area contributed by atoms with Crippen molar-refractivity contribution in [2.75, 3.05) is 13.1 Å². The minimum absolute atomic E-state index is 0.0361. The van der Waals surface area contributed by atoms with E-state index in [1.807, 2.05) is 13.0 Å². The van der Waals surface area contributed by atoms with Crippen LogP contribution in [0.1, 0.15) is 38.5 Å². The molecule has 2 amide bonds. The van der Waals surface area contributed by atoms with E-state index in [2.05, 4.69) is 30.6 Å². The Balaban J connectivity index is 1.81. The number of hydrogen-bond donors (Lipinski definition) is 1. The van der Waals surface area contributed by atoms with Crippen molar-refractivity contribution in [2.45, 2.75) is 44.6 Å². The number of amides is 2. The fraction of sp³-hybridized carbons (Fsp3) is 0.625. The van der Waals surface area contributed by atoms with Gasteiger partial charge in [0, 0.05) is 16.8 Å². The average Bonchev–Trinajstić information content (AvgIpc) is 3.10. The number of nitrogens with one attached hydrogen (secondary N) is 1. The van der Waals surface area contributed by atoms with Crippen LogP contribution in [0.2, 0.25) is 0 Å². The van der Waals surface area contributed by atoms with Crippen LogP contribution < -0.4 is 5.32 Å². The van der Waals surface area contributed by atoms with Gasteiger partial charge >= 0.3 is 0 Å². The maximum atomic E-state index is 12.8. The zero-order valence-electron chi connectivity index (χ0n) is 12.8. The molecule has 4 nitrogen and oxygen atoms in total. The lowest BCUT2D eigenvalue weighted by Gasteiger charge is -2.42. The summed E-state index contributed by atoms with van der Waals surface area (Å²) >= 11 is 1.70. The van der Waals surface area contributed by atoms with Crippen LogP contribution in [0.15, 0.2) is 17.5 Å². The number of hydrogen-bond acceptors (Lipinski definition) is 3. The molecule has 21 heavy (non-hydrogen) atoms. The van der Waals surface area contributed by atoms with Crippen LogP contribution in [0.5, 0.6) is 0 Å². The van der Waals surface area contributed by atoms with Crippen molar-refractivity contribution in [3.05, 3.63) is 22.4 Å². The highest BCUT2D eigenvalue weighted by Gasteiger charge is 2.53. The van der Waals surface area contributed by atoms with Gasteiger partial charge in [0.25, 0.3) is 0 Å². The summed E-state index contributed by atoms with van der Waals surface area (Å²) in [5.41, 5.74) is -0.827. The van der Waals surface area contributed by atoms with Gasteiger partial charge in [-0.2, -0.15) is 0 Å². The topological polar surface area (TPSA) is 49.4 Å². The van der Waals surface area contributed by atoms with Gasteiger partial charge in [-0.05, 0) is 37.1 Å². The van der Waals surface area contributed by atoms with Gasteiger partial charge in [0.15, 0.2) is 0 Å². The number of carbonyl (C=O) groups excluding carboxylic acids is 2. The van der Waals surface area contributed by atoms with Gasteiger partial charge in [0.2, 0.25) is 11.8 Å². The molecule has 1 aromatic heterocycles. The monoisotopic (exact) mass is 306 g/mol. The van der Waals surface area contributed by atoms with E-state index in [9.17, 15) is 9.59 Å². The second-order valence-corrected chi connectivity index (χ2v) is 7.99. The summed E-state index contributed by atoms with van der Waals surface area (Å²) in [5.74, 6) is 0.349. The van der Waals surface area contributed by atoms with E-state index in [0.29, 0.717) is 12.5 Å². The van der Waals surface area contributed by atoms with Crippen LogP contribution in [0.4, 0.5) is 0 Å². The first kappa shape index (κ1) is 14.6. The van der Waals surface area contributed by atoms with Gasteiger partial charge in [0.1, 0.15) is 5.54 Å². The van der Waals surface area contributed by atoms with Gasteiger partial charge < -0.3 is 10.2 Å². The van der Waals surface area contributed by atoms with Crippen molar-refractivity contribution in [3.8, 4) is 0 Å². The molecule has 0 aromatic carbocycles. The van der Waals surface area contributed by atoms with Crippen molar-refractivity contribution >= 4 is 23.2 Å². The maximum Gasteiger partial charge on any atom is 0.248 e. The second kappa shape index (κ2) is 4.83. The predicted octanol–water partition coefficient (Wildman–Crippen LogP) is 2.15. The summed E-state index contributed by atoms with van der Waals surface area (Å²) in [6.45, 7) is 6.91. The third-order valence-corrected chi connectivity index (χ3v) is 5.87. The summed E-state index contributed by atoms with van der Waals surface area (Å²) in [5, 5.41) is 4.98. The van der Waals surface area contributed by atoms with Gasteiger partial charge in [-0.3, -0.25) is 9.59 Å². The average molecular weight is 306 g/mol. The molecule has 1 unspecified atom stereocenters. The number of rotatable bonds is 4. The van der Waals surface area contributed by atoms with E-state index in [1.54, 1.807) is 16.2 Å². The molecule has 2 fully saturated rings. The third kappa shape index (κ3) is 2.59. The smallest absolute Gasteiger partial charge is 0.248 e. The number of piperazine rings is 1. The minimum atomic E-state index is -0.694. The molecular weight excluding hydrogens is 284 g/mol. The Morgan fingerprint density at radius 1 is 1.43 bits per heavy atom. The first-order chi connectivity index (χ1) is 9.83. The fourth-order valence-electron chi connectivity index (χ4n) is 3.24. The Labute approximate surface area is 129 Å². The first-order valence-electron chi connectivity index (χ1n) is 7.47. The molecule has 1 N–H and O–H groups in total. The summed E-state index contributed by atoms with van der Waals surface area (Å²) < 4.78 is 0. The van der Waals surface area contributed by atoms with Crippen LogP contribution in [-0.4, -0.2) is 35.3 Å². The highest BCUT2D eigenvalue weighted by molar-refractivity contribution is 7.10. The Morgan fingerprint density at radius 2 is 2.14 bits per heavy atom. The molecule has 1 aliphatic carbocycles. The lowest BCUT2D eigenvalue weighted by molar-refractivity contribution is -0.150. The number of nitrogens with zero attached hydrogens (tertiary/aromatic N) is 1. The molecule has 0 bridgehead atoms. The molecule has 3 rings (SSSR count). The Kier molecular flexibility index (Phi) is 3.35. The Morgan fingerprint density at radius 3 is 2.71 bits per heavy atom. The molecule has 114 valence electrons. The SMILES string of the molecule is CC(C)(CN1CC(=O)NC(C)(C2CC2)C1=O)c1cccs1. The molecular formula is C16H22N2O2S. The molecule has 2 aliphatic rings. The lowest BCUT2D eigenvalue weighted by Crippen LogP contribution is -2.67. The van der Waals surface area contributed by atoms with E-state index in [0.717, 1.165) is 12.8 Å². The predicted molar refractivity (Wildman–Crippen MR) is 83.2 cm³/mol. The summed E-state index contributed by atoms with van der Waals surface area (Å²) in [4.78, 5) is 27.9. The van der Waals surface area contributed by atoms with E-state index in [-0.39, 0.29) is 23.8 Å². The van der Waals surface area contributed by atoms with Crippen LogP contribution in [0, 0.1) is 5.92 Å². The van der Waals surface area contributed by atoms with Crippen molar-refractivity contribution in [2.24, 2.45) is 5.92 Å². The Bertz CT molecular complexity index is 563. The van der Waals surface area contributed by atoms with Crippen LogP contribution >= 0.6 is 11.3 Å². The van der Waals surface area contributed by atoms with Crippen LogP contribution in [0.3, 0.4) is 0 Å². The normalized spacial score (nSPS) is 26.9. The van der Waals surface area contributed by atoms with E-state index in [4.69, 9.17) is 0 Å². The van der Waals surface area contributed by atoms with Crippen LogP contribution in [0.25, 0.3) is 0 Å². The molecule has 2 heterocycles. The van der Waals surface area contributed by atoms with E-state index >= 15 is 0 Å². The van der Waals surface area contributed by atoms with Crippen molar-refractivity contribution in [1.29, 1.82) is 0 Å². The molecule has 1 saturated carbocycles. The molecule has 0 radical (unpaired) electrons. The lowest BCUT2D eigenvalue weighted by atomic mass is 9.87. The van der Waals surface area contributed by atoms with Gasteiger partial charge in [-0.15, -0.1) is 11.3 Å². The van der Waals surface area contributed by atoms with Crippen molar-refractivity contribution in [3.63, 3.8) is 0 Å². The van der Waals surface area contributed by atoms with E-state index in [1.165, 1.54) is 4.88 Å². The largest absolute Gasteiger partial charge is 0.340 e. The molecule has 1 saturated heterocycles.